The summed E-state index contributed by atoms with van der Waals surface area (Å²) in [6.45, 7) is 4.71. The fourth-order valence-corrected chi connectivity index (χ4v) is 2.52. The van der Waals surface area contributed by atoms with Gasteiger partial charge in [0.2, 0.25) is 5.91 Å². The molecular weight excluding hydrogens is 282 g/mol. The smallest absolute Gasteiger partial charge is 0.318 e. The molecule has 120 valence electrons. The third-order valence-corrected chi connectivity index (χ3v) is 3.55. The standard InChI is InChI=1S/C16H23N3O3/c1-11(2)18-15(20)14-7-8-17-16(21)19(14)10-12-5-4-6-13(9-12)22-3/h4-6,9,11,14H,7-8,10H2,1-3H3,(H,17,21)(H,18,20). The molecule has 2 rings (SSSR count). The van der Waals surface area contributed by atoms with Crippen LogP contribution in [0.5, 0.6) is 5.75 Å². The first-order chi connectivity index (χ1) is 10.5. The molecule has 6 heteroatoms. The van der Waals surface area contributed by atoms with Crippen molar-refractivity contribution in [1.82, 2.24) is 15.5 Å². The predicted molar refractivity (Wildman–Crippen MR) is 83.6 cm³/mol. The summed E-state index contributed by atoms with van der Waals surface area (Å²) in [5, 5.41) is 5.68. The summed E-state index contributed by atoms with van der Waals surface area (Å²) in [6.07, 6.45) is 0.605. The van der Waals surface area contributed by atoms with Crippen LogP contribution in [0.3, 0.4) is 0 Å². The largest absolute Gasteiger partial charge is 0.497 e. The van der Waals surface area contributed by atoms with Gasteiger partial charge in [-0.3, -0.25) is 4.79 Å². The highest BCUT2D eigenvalue weighted by molar-refractivity contribution is 5.88. The van der Waals surface area contributed by atoms with Crippen LogP contribution in [0.2, 0.25) is 0 Å². The van der Waals surface area contributed by atoms with Crippen LogP contribution in [0.1, 0.15) is 25.8 Å². The molecule has 1 heterocycles. The van der Waals surface area contributed by atoms with Crippen LogP contribution in [0, 0.1) is 0 Å². The fraction of sp³-hybridized carbons (Fsp3) is 0.500. The third-order valence-electron chi connectivity index (χ3n) is 3.55. The monoisotopic (exact) mass is 305 g/mol. The van der Waals surface area contributed by atoms with Crippen molar-refractivity contribution in [2.75, 3.05) is 13.7 Å². The molecule has 0 saturated carbocycles. The van der Waals surface area contributed by atoms with Crippen molar-refractivity contribution in [1.29, 1.82) is 0 Å². The molecule has 0 spiro atoms. The van der Waals surface area contributed by atoms with E-state index in [0.717, 1.165) is 11.3 Å². The average molecular weight is 305 g/mol. The number of ether oxygens (including phenoxy) is 1. The number of benzene rings is 1. The Morgan fingerprint density at radius 1 is 1.50 bits per heavy atom. The molecule has 22 heavy (non-hydrogen) atoms. The minimum absolute atomic E-state index is 0.0520. The van der Waals surface area contributed by atoms with Crippen molar-refractivity contribution < 1.29 is 14.3 Å². The van der Waals surface area contributed by atoms with Gasteiger partial charge in [-0.05, 0) is 38.0 Å². The molecule has 6 nitrogen and oxygen atoms in total. The molecule has 1 unspecified atom stereocenters. The van der Waals surface area contributed by atoms with Crippen LogP contribution < -0.4 is 15.4 Å². The Bertz CT molecular complexity index is 545. The third kappa shape index (κ3) is 3.90. The summed E-state index contributed by atoms with van der Waals surface area (Å²) < 4.78 is 5.20. The summed E-state index contributed by atoms with van der Waals surface area (Å²) in [5.41, 5.74) is 0.929. The van der Waals surface area contributed by atoms with Gasteiger partial charge in [0.25, 0.3) is 0 Å². The first kappa shape index (κ1) is 16.1. The molecule has 1 saturated heterocycles. The van der Waals surface area contributed by atoms with E-state index in [-0.39, 0.29) is 18.0 Å². The van der Waals surface area contributed by atoms with E-state index >= 15 is 0 Å². The number of nitrogens with one attached hydrogen (secondary N) is 2. The molecule has 0 radical (unpaired) electrons. The van der Waals surface area contributed by atoms with Crippen LogP contribution in [0.25, 0.3) is 0 Å². The molecule has 1 aliphatic heterocycles. The lowest BCUT2D eigenvalue weighted by Gasteiger charge is -2.35. The first-order valence-electron chi connectivity index (χ1n) is 7.49. The second-order valence-corrected chi connectivity index (χ2v) is 5.68. The van der Waals surface area contributed by atoms with Crippen LogP contribution in [0.4, 0.5) is 4.79 Å². The van der Waals surface area contributed by atoms with Gasteiger partial charge in [0.05, 0.1) is 7.11 Å². The van der Waals surface area contributed by atoms with Gasteiger partial charge in [-0.25, -0.2) is 4.79 Å². The minimum atomic E-state index is -0.442. The van der Waals surface area contributed by atoms with Crippen molar-refractivity contribution in [3.63, 3.8) is 0 Å². The zero-order valence-electron chi connectivity index (χ0n) is 13.3. The molecule has 2 N–H and O–H groups in total. The zero-order chi connectivity index (χ0) is 16.1. The normalized spacial score (nSPS) is 18.1. The van der Waals surface area contributed by atoms with Crippen molar-refractivity contribution >= 4 is 11.9 Å². The molecule has 1 fully saturated rings. The van der Waals surface area contributed by atoms with E-state index < -0.39 is 6.04 Å². The summed E-state index contributed by atoms with van der Waals surface area (Å²) in [6, 6.07) is 6.92. The van der Waals surface area contributed by atoms with Crippen molar-refractivity contribution in [3.05, 3.63) is 29.8 Å². The van der Waals surface area contributed by atoms with E-state index in [0.29, 0.717) is 19.5 Å². The Morgan fingerprint density at radius 3 is 2.95 bits per heavy atom. The first-order valence-corrected chi connectivity index (χ1v) is 7.49. The average Bonchev–Trinajstić information content (AvgIpc) is 2.48. The molecular formula is C16H23N3O3. The van der Waals surface area contributed by atoms with E-state index in [2.05, 4.69) is 10.6 Å². The van der Waals surface area contributed by atoms with E-state index in [1.165, 1.54) is 0 Å². The molecule has 0 aromatic heterocycles. The van der Waals surface area contributed by atoms with Crippen LogP contribution in [0.15, 0.2) is 24.3 Å². The number of methoxy groups -OCH3 is 1. The Kier molecular flexibility index (Phi) is 5.25. The van der Waals surface area contributed by atoms with E-state index in [1.54, 1.807) is 12.0 Å². The predicted octanol–water partition coefficient (Wildman–Crippen LogP) is 1.50. The van der Waals surface area contributed by atoms with Gasteiger partial charge in [0.1, 0.15) is 11.8 Å². The lowest BCUT2D eigenvalue weighted by atomic mass is 10.1. The molecule has 0 bridgehead atoms. The Balaban J connectivity index is 2.15. The van der Waals surface area contributed by atoms with Gasteiger partial charge in [0.15, 0.2) is 0 Å². The van der Waals surface area contributed by atoms with Crippen molar-refractivity contribution in [3.8, 4) is 5.75 Å². The Morgan fingerprint density at radius 2 is 2.27 bits per heavy atom. The van der Waals surface area contributed by atoms with Crippen molar-refractivity contribution in [2.24, 2.45) is 0 Å². The highest BCUT2D eigenvalue weighted by atomic mass is 16.5. The quantitative estimate of drug-likeness (QED) is 0.866. The number of nitrogens with zero attached hydrogens (tertiary/aromatic N) is 1. The number of urea groups is 1. The second kappa shape index (κ2) is 7.15. The van der Waals surface area contributed by atoms with Gasteiger partial charge in [-0.2, -0.15) is 0 Å². The molecule has 1 atom stereocenters. The second-order valence-electron chi connectivity index (χ2n) is 5.68. The Labute approximate surface area is 130 Å². The molecule has 1 aromatic rings. The highest BCUT2D eigenvalue weighted by Gasteiger charge is 2.33. The number of amides is 3. The van der Waals surface area contributed by atoms with Crippen LogP contribution >= 0.6 is 0 Å². The van der Waals surface area contributed by atoms with Crippen LogP contribution in [-0.4, -0.2) is 42.6 Å². The zero-order valence-corrected chi connectivity index (χ0v) is 13.3. The van der Waals surface area contributed by atoms with Gasteiger partial charge in [-0.1, -0.05) is 12.1 Å². The SMILES string of the molecule is COc1cccc(CN2C(=O)NCCC2C(=O)NC(C)C)c1. The van der Waals surface area contributed by atoms with Gasteiger partial charge < -0.3 is 20.3 Å². The summed E-state index contributed by atoms with van der Waals surface area (Å²) in [4.78, 5) is 26.1. The molecule has 1 aliphatic rings. The lowest BCUT2D eigenvalue weighted by molar-refractivity contribution is -0.126. The molecule has 3 amide bonds. The van der Waals surface area contributed by atoms with Crippen molar-refractivity contribution in [2.45, 2.75) is 38.9 Å². The lowest BCUT2D eigenvalue weighted by Crippen LogP contribution is -2.58. The van der Waals surface area contributed by atoms with Gasteiger partial charge >= 0.3 is 6.03 Å². The Hall–Kier alpha value is -2.24. The maximum Gasteiger partial charge on any atom is 0.318 e. The maximum atomic E-state index is 12.3. The van der Waals surface area contributed by atoms with Gasteiger partial charge in [0, 0.05) is 19.1 Å². The molecule has 0 aliphatic carbocycles. The summed E-state index contributed by atoms with van der Waals surface area (Å²) in [5.74, 6) is 0.630. The summed E-state index contributed by atoms with van der Waals surface area (Å²) in [7, 11) is 1.60. The highest BCUT2D eigenvalue weighted by Crippen LogP contribution is 2.18. The maximum absolute atomic E-state index is 12.3. The molecule has 1 aromatic carbocycles. The fourth-order valence-electron chi connectivity index (χ4n) is 2.52. The summed E-state index contributed by atoms with van der Waals surface area (Å²) >= 11 is 0. The minimum Gasteiger partial charge on any atom is -0.497 e. The number of hydrogen-bond acceptors (Lipinski definition) is 3. The van der Waals surface area contributed by atoms with E-state index in [1.807, 2.05) is 38.1 Å². The van der Waals surface area contributed by atoms with Gasteiger partial charge in [-0.15, -0.1) is 0 Å². The number of rotatable bonds is 5. The number of carbonyl (C=O) groups is 2. The van der Waals surface area contributed by atoms with Crippen LogP contribution in [-0.2, 0) is 11.3 Å². The number of carbonyl (C=O) groups excluding carboxylic acids is 2. The topological polar surface area (TPSA) is 70.7 Å². The van der Waals surface area contributed by atoms with E-state index in [9.17, 15) is 9.59 Å². The number of hydrogen-bond donors (Lipinski definition) is 2. The van der Waals surface area contributed by atoms with E-state index in [4.69, 9.17) is 4.74 Å².